The highest BCUT2D eigenvalue weighted by molar-refractivity contribution is 5.56. The predicted molar refractivity (Wildman–Crippen MR) is 109 cm³/mol. The zero-order chi connectivity index (χ0) is 20.0. The minimum atomic E-state index is -1.09. The smallest absolute Gasteiger partial charge is 0.123 e. The second-order valence-corrected chi connectivity index (χ2v) is 7.49. The maximum Gasteiger partial charge on any atom is 0.123 e. The molecule has 0 aliphatic carbocycles. The first-order valence-corrected chi connectivity index (χ1v) is 9.19. The summed E-state index contributed by atoms with van der Waals surface area (Å²) in [5.74, 6) is 0.470. The Morgan fingerprint density at radius 1 is 1.22 bits per heavy atom. The number of benzene rings is 2. The van der Waals surface area contributed by atoms with Crippen LogP contribution in [0.3, 0.4) is 0 Å². The number of ether oxygens (including phenoxy) is 1. The van der Waals surface area contributed by atoms with Crippen molar-refractivity contribution in [3.8, 4) is 5.75 Å². The van der Waals surface area contributed by atoms with Crippen LogP contribution in [0, 0.1) is 11.7 Å². The van der Waals surface area contributed by atoms with E-state index in [1.165, 1.54) is 12.1 Å². The molecule has 2 atom stereocenters. The predicted octanol–water partition coefficient (Wildman–Crippen LogP) is 4.41. The Morgan fingerprint density at radius 3 is 2.44 bits per heavy atom. The average Bonchev–Trinajstić information content (AvgIpc) is 2.61. The molecule has 0 aromatic heterocycles. The van der Waals surface area contributed by atoms with Gasteiger partial charge in [0.1, 0.15) is 11.6 Å². The van der Waals surface area contributed by atoms with Gasteiger partial charge >= 0.3 is 0 Å². The molecule has 0 aliphatic heterocycles. The zero-order valence-corrected chi connectivity index (χ0v) is 16.9. The minimum Gasteiger partial charge on any atom is -0.497 e. The van der Waals surface area contributed by atoms with Crippen LogP contribution >= 0.6 is 0 Å². The molecule has 0 radical (unpaired) electrons. The van der Waals surface area contributed by atoms with Crippen molar-refractivity contribution in [1.29, 1.82) is 0 Å². The molecular formula is C23H30FNO2. The molecule has 4 heteroatoms. The van der Waals surface area contributed by atoms with Crippen LogP contribution in [-0.4, -0.2) is 43.4 Å². The SMILES string of the molecule is COc1ccc(/C=C(\C)C(O)(Cc2cccc(F)c2)C(C)CN(C)C)cc1. The van der Waals surface area contributed by atoms with Crippen LogP contribution in [0.2, 0.25) is 0 Å². The Balaban J connectivity index is 2.38. The molecule has 0 saturated heterocycles. The van der Waals surface area contributed by atoms with Crippen LogP contribution in [-0.2, 0) is 6.42 Å². The van der Waals surface area contributed by atoms with Crippen LogP contribution in [0.15, 0.2) is 54.1 Å². The van der Waals surface area contributed by atoms with Gasteiger partial charge in [-0.05, 0) is 62.0 Å². The fourth-order valence-electron chi connectivity index (χ4n) is 3.43. The third-order valence-electron chi connectivity index (χ3n) is 5.00. The van der Waals surface area contributed by atoms with Gasteiger partial charge in [0.25, 0.3) is 0 Å². The topological polar surface area (TPSA) is 32.7 Å². The van der Waals surface area contributed by atoms with Crippen molar-refractivity contribution in [2.45, 2.75) is 25.9 Å². The number of hydrogen-bond donors (Lipinski definition) is 1. The molecule has 1 N–H and O–H groups in total. The highest BCUT2D eigenvalue weighted by Gasteiger charge is 2.36. The molecular weight excluding hydrogens is 341 g/mol. The molecule has 2 aromatic carbocycles. The summed E-state index contributed by atoms with van der Waals surface area (Å²) in [7, 11) is 5.61. The molecule has 0 heterocycles. The van der Waals surface area contributed by atoms with Crippen molar-refractivity contribution < 1.29 is 14.2 Å². The fourth-order valence-corrected chi connectivity index (χ4v) is 3.43. The van der Waals surface area contributed by atoms with Crippen LogP contribution in [0.25, 0.3) is 6.08 Å². The van der Waals surface area contributed by atoms with Gasteiger partial charge in [-0.15, -0.1) is 0 Å². The normalized spacial score (nSPS) is 15.5. The van der Waals surface area contributed by atoms with E-state index in [9.17, 15) is 9.50 Å². The van der Waals surface area contributed by atoms with E-state index in [0.717, 1.165) is 29.0 Å². The lowest BCUT2D eigenvalue weighted by Crippen LogP contribution is -2.44. The molecule has 2 unspecified atom stereocenters. The number of methoxy groups -OCH3 is 1. The highest BCUT2D eigenvalue weighted by atomic mass is 19.1. The molecule has 3 nitrogen and oxygen atoms in total. The van der Waals surface area contributed by atoms with Gasteiger partial charge in [-0.1, -0.05) is 37.3 Å². The zero-order valence-electron chi connectivity index (χ0n) is 16.9. The van der Waals surface area contributed by atoms with Gasteiger partial charge in [-0.3, -0.25) is 0 Å². The van der Waals surface area contributed by atoms with E-state index >= 15 is 0 Å². The van der Waals surface area contributed by atoms with Crippen LogP contribution < -0.4 is 4.74 Å². The lowest BCUT2D eigenvalue weighted by Gasteiger charge is -2.37. The molecule has 0 bridgehead atoms. The summed E-state index contributed by atoms with van der Waals surface area (Å²) in [6.07, 6.45) is 2.35. The third-order valence-corrected chi connectivity index (χ3v) is 5.00. The standard InChI is InChI=1S/C23H30FNO2/c1-17(13-19-9-11-22(27-5)12-10-19)23(26,18(2)16-25(3)4)15-20-7-6-8-21(24)14-20/h6-14,18,26H,15-16H2,1-5H3/b17-13+. The van der Waals surface area contributed by atoms with Gasteiger partial charge in [-0.25, -0.2) is 4.39 Å². The van der Waals surface area contributed by atoms with Crippen LogP contribution in [0.4, 0.5) is 4.39 Å². The molecule has 0 spiro atoms. The maximum atomic E-state index is 13.7. The van der Waals surface area contributed by atoms with Gasteiger partial charge in [-0.2, -0.15) is 0 Å². The van der Waals surface area contributed by atoms with E-state index in [1.807, 2.05) is 64.4 Å². The molecule has 2 aromatic rings. The van der Waals surface area contributed by atoms with Gasteiger partial charge in [0.05, 0.1) is 12.7 Å². The first kappa shape index (κ1) is 21.1. The van der Waals surface area contributed by atoms with Gasteiger partial charge < -0.3 is 14.7 Å². The van der Waals surface area contributed by atoms with E-state index in [-0.39, 0.29) is 11.7 Å². The Morgan fingerprint density at radius 2 is 1.89 bits per heavy atom. The molecule has 2 rings (SSSR count). The summed E-state index contributed by atoms with van der Waals surface area (Å²) in [4.78, 5) is 2.06. The van der Waals surface area contributed by atoms with Crippen molar-refractivity contribution in [3.63, 3.8) is 0 Å². The van der Waals surface area contributed by atoms with Crippen LogP contribution in [0.5, 0.6) is 5.75 Å². The molecule has 27 heavy (non-hydrogen) atoms. The number of nitrogens with zero attached hydrogens (tertiary/aromatic N) is 1. The molecule has 146 valence electrons. The lowest BCUT2D eigenvalue weighted by atomic mass is 9.77. The van der Waals surface area contributed by atoms with Crippen molar-refractivity contribution in [2.75, 3.05) is 27.7 Å². The average molecular weight is 371 g/mol. The minimum absolute atomic E-state index is 0.0368. The summed E-state index contributed by atoms with van der Waals surface area (Å²) < 4.78 is 18.9. The largest absolute Gasteiger partial charge is 0.497 e. The van der Waals surface area contributed by atoms with Crippen molar-refractivity contribution in [1.82, 2.24) is 4.90 Å². The lowest BCUT2D eigenvalue weighted by molar-refractivity contribution is 0.0149. The molecule has 0 aliphatic rings. The maximum absolute atomic E-state index is 13.7. The Bertz CT molecular complexity index is 770. The first-order chi connectivity index (χ1) is 12.7. The monoisotopic (exact) mass is 371 g/mol. The van der Waals surface area contributed by atoms with Crippen molar-refractivity contribution >= 4 is 6.08 Å². The molecule has 0 fully saturated rings. The van der Waals surface area contributed by atoms with Gasteiger partial charge in [0.2, 0.25) is 0 Å². The van der Waals surface area contributed by atoms with E-state index in [4.69, 9.17) is 4.74 Å². The second-order valence-electron chi connectivity index (χ2n) is 7.49. The summed E-state index contributed by atoms with van der Waals surface area (Å²) in [6, 6.07) is 14.2. The number of halogens is 1. The first-order valence-electron chi connectivity index (χ1n) is 9.19. The fraction of sp³-hybridized carbons (Fsp3) is 0.391. The summed E-state index contributed by atoms with van der Waals surface area (Å²) in [5, 5.41) is 11.7. The number of aliphatic hydroxyl groups is 1. The van der Waals surface area contributed by atoms with E-state index in [1.54, 1.807) is 13.2 Å². The Labute approximate surface area is 162 Å². The summed E-state index contributed by atoms with van der Waals surface area (Å²) >= 11 is 0. The Hall–Kier alpha value is -2.17. The highest BCUT2D eigenvalue weighted by Crippen LogP contribution is 2.32. The van der Waals surface area contributed by atoms with E-state index in [2.05, 4.69) is 4.90 Å². The summed E-state index contributed by atoms with van der Waals surface area (Å²) in [6.45, 7) is 4.69. The van der Waals surface area contributed by atoms with Crippen LogP contribution in [0.1, 0.15) is 25.0 Å². The molecule has 0 saturated carbocycles. The quantitative estimate of drug-likeness (QED) is 0.746. The molecule has 0 amide bonds. The van der Waals surface area contributed by atoms with E-state index in [0.29, 0.717) is 6.42 Å². The number of rotatable bonds is 8. The van der Waals surface area contributed by atoms with Gasteiger partial charge in [0.15, 0.2) is 0 Å². The van der Waals surface area contributed by atoms with Crippen molar-refractivity contribution in [3.05, 3.63) is 71.0 Å². The number of hydrogen-bond acceptors (Lipinski definition) is 3. The third kappa shape index (κ3) is 5.65. The summed E-state index contributed by atoms with van der Waals surface area (Å²) in [5.41, 5.74) is 1.54. The van der Waals surface area contributed by atoms with Gasteiger partial charge in [0, 0.05) is 18.9 Å². The second kappa shape index (κ2) is 9.16. The van der Waals surface area contributed by atoms with Crippen molar-refractivity contribution in [2.24, 2.45) is 5.92 Å². The van der Waals surface area contributed by atoms with E-state index < -0.39 is 5.60 Å². The Kier molecular flexibility index (Phi) is 7.17.